The predicted octanol–water partition coefficient (Wildman–Crippen LogP) is 3.91. The number of hydrogen-bond acceptors (Lipinski definition) is 8. The average molecular weight is 481 g/mol. The van der Waals surface area contributed by atoms with Crippen molar-refractivity contribution >= 4 is 34.6 Å². The number of carbonyl (C=O) groups is 2. The van der Waals surface area contributed by atoms with Crippen LogP contribution in [0.5, 0.6) is 11.5 Å². The minimum Gasteiger partial charge on any atom is -0.450 e. The molecule has 0 fully saturated rings. The van der Waals surface area contributed by atoms with Crippen molar-refractivity contribution in [2.45, 2.75) is 6.92 Å². The highest BCUT2D eigenvalue weighted by molar-refractivity contribution is 6.39. The third-order valence-corrected chi connectivity index (χ3v) is 4.50. The fourth-order valence-corrected chi connectivity index (χ4v) is 2.73. The lowest BCUT2D eigenvalue weighted by atomic mass is 10.1. The second-order valence-electron chi connectivity index (χ2n) is 6.86. The fourth-order valence-electron chi connectivity index (χ4n) is 2.73. The molecule has 0 saturated carbocycles. The Hall–Kier alpha value is -5.20. The summed E-state index contributed by atoms with van der Waals surface area (Å²) in [6.45, 7) is 1.55. The van der Waals surface area contributed by atoms with Gasteiger partial charge in [0.05, 0.1) is 27.3 Å². The summed E-state index contributed by atoms with van der Waals surface area (Å²) in [4.78, 5) is 44.4. The van der Waals surface area contributed by atoms with Gasteiger partial charge in [-0.05, 0) is 55.0 Å². The monoisotopic (exact) mass is 481 g/mol. The highest BCUT2D eigenvalue weighted by Gasteiger charge is 2.21. The standard InChI is InChI=1S/C22H16FN5O7/c1-13(25-26-22(30)21(29)24-18-5-3-2-4-17(18)23)14-6-9-16(10-7-14)35-20-11-8-15(27(31)32)12-19(20)28(33)34/h2-12H,1H3,(H,24,29)(H,26,30)/b25-13+. The molecule has 0 heterocycles. The van der Waals surface area contributed by atoms with Crippen molar-refractivity contribution in [1.82, 2.24) is 5.43 Å². The van der Waals surface area contributed by atoms with Gasteiger partial charge < -0.3 is 10.1 Å². The second-order valence-corrected chi connectivity index (χ2v) is 6.86. The van der Waals surface area contributed by atoms with Crippen molar-refractivity contribution in [3.63, 3.8) is 0 Å². The van der Waals surface area contributed by atoms with E-state index in [1.165, 1.54) is 42.5 Å². The summed E-state index contributed by atoms with van der Waals surface area (Å²) in [6.07, 6.45) is 0. The van der Waals surface area contributed by atoms with E-state index in [9.17, 15) is 34.2 Å². The lowest BCUT2D eigenvalue weighted by Crippen LogP contribution is -2.33. The second kappa shape index (κ2) is 10.6. The summed E-state index contributed by atoms with van der Waals surface area (Å²) < 4.78 is 19.1. The van der Waals surface area contributed by atoms with Gasteiger partial charge in [-0.3, -0.25) is 29.8 Å². The van der Waals surface area contributed by atoms with Gasteiger partial charge in [0.1, 0.15) is 11.6 Å². The molecule has 0 aliphatic heterocycles. The molecule has 0 aromatic heterocycles. The Balaban J connectivity index is 1.66. The number of hydrogen-bond donors (Lipinski definition) is 2. The number of ether oxygens (including phenoxy) is 1. The van der Waals surface area contributed by atoms with E-state index >= 15 is 0 Å². The molecule has 0 aliphatic carbocycles. The van der Waals surface area contributed by atoms with Gasteiger partial charge in [-0.2, -0.15) is 5.10 Å². The molecule has 0 aliphatic rings. The molecule has 178 valence electrons. The zero-order valence-electron chi connectivity index (χ0n) is 17.9. The lowest BCUT2D eigenvalue weighted by Gasteiger charge is -2.08. The zero-order valence-corrected chi connectivity index (χ0v) is 17.9. The number of nitro groups is 2. The Morgan fingerprint density at radius 2 is 1.63 bits per heavy atom. The summed E-state index contributed by atoms with van der Waals surface area (Å²) in [5, 5.41) is 28.0. The highest BCUT2D eigenvalue weighted by Crippen LogP contribution is 2.34. The van der Waals surface area contributed by atoms with Crippen molar-refractivity contribution in [1.29, 1.82) is 0 Å². The van der Waals surface area contributed by atoms with Crippen molar-refractivity contribution < 1.29 is 28.6 Å². The molecule has 35 heavy (non-hydrogen) atoms. The molecule has 0 atom stereocenters. The van der Waals surface area contributed by atoms with E-state index in [0.29, 0.717) is 11.3 Å². The maximum atomic E-state index is 13.6. The molecule has 3 aromatic rings. The van der Waals surface area contributed by atoms with Gasteiger partial charge in [-0.25, -0.2) is 9.82 Å². The summed E-state index contributed by atoms with van der Waals surface area (Å²) in [7, 11) is 0. The molecule has 0 bridgehead atoms. The molecule has 0 spiro atoms. The van der Waals surface area contributed by atoms with Crippen LogP contribution in [-0.2, 0) is 9.59 Å². The number of anilines is 1. The molecule has 0 saturated heterocycles. The first-order valence-electron chi connectivity index (χ1n) is 9.77. The Bertz CT molecular complexity index is 1340. The number of rotatable bonds is 7. The van der Waals surface area contributed by atoms with E-state index in [0.717, 1.165) is 24.3 Å². The van der Waals surface area contributed by atoms with Crippen LogP contribution in [0.25, 0.3) is 0 Å². The molecular weight excluding hydrogens is 465 g/mol. The largest absolute Gasteiger partial charge is 0.450 e. The third kappa shape index (κ3) is 6.19. The average Bonchev–Trinajstić information content (AvgIpc) is 2.84. The van der Waals surface area contributed by atoms with Gasteiger partial charge >= 0.3 is 17.5 Å². The fraction of sp³-hybridized carbons (Fsp3) is 0.0455. The molecule has 13 heteroatoms. The minimum absolute atomic E-state index is 0.155. The number of non-ortho nitro benzene ring substituents is 1. The summed E-state index contributed by atoms with van der Waals surface area (Å²) in [6, 6.07) is 14.4. The van der Waals surface area contributed by atoms with Crippen LogP contribution >= 0.6 is 0 Å². The summed E-state index contributed by atoms with van der Waals surface area (Å²) in [5.74, 6) is -2.91. The van der Waals surface area contributed by atoms with Crippen molar-refractivity contribution in [2.75, 3.05) is 5.32 Å². The lowest BCUT2D eigenvalue weighted by molar-refractivity contribution is -0.394. The maximum absolute atomic E-state index is 13.6. The number of para-hydroxylation sites is 1. The number of benzene rings is 3. The molecule has 12 nitrogen and oxygen atoms in total. The number of nitrogens with one attached hydrogen (secondary N) is 2. The number of amides is 2. The topological polar surface area (TPSA) is 166 Å². The number of halogens is 1. The SMILES string of the molecule is C/C(=N\NC(=O)C(=O)Nc1ccccc1F)c1ccc(Oc2ccc([N+](=O)[O-])cc2[N+](=O)[O-])cc1. The van der Waals surface area contributed by atoms with E-state index in [1.54, 1.807) is 6.92 Å². The molecular formula is C22H16FN5O7. The van der Waals surface area contributed by atoms with Crippen LogP contribution in [0.4, 0.5) is 21.5 Å². The van der Waals surface area contributed by atoms with Crippen LogP contribution in [0.1, 0.15) is 12.5 Å². The van der Waals surface area contributed by atoms with Crippen LogP contribution in [0.15, 0.2) is 71.8 Å². The van der Waals surface area contributed by atoms with Gasteiger partial charge in [0.2, 0.25) is 5.75 Å². The predicted molar refractivity (Wildman–Crippen MR) is 122 cm³/mol. The summed E-state index contributed by atoms with van der Waals surface area (Å²) >= 11 is 0. The van der Waals surface area contributed by atoms with Crippen molar-refractivity contribution in [2.24, 2.45) is 5.10 Å². The van der Waals surface area contributed by atoms with E-state index in [-0.39, 0.29) is 17.2 Å². The third-order valence-electron chi connectivity index (χ3n) is 4.50. The molecule has 2 N–H and O–H groups in total. The highest BCUT2D eigenvalue weighted by atomic mass is 19.1. The van der Waals surface area contributed by atoms with Crippen molar-refractivity contribution in [3.05, 3.63) is 98.3 Å². The smallest absolute Gasteiger partial charge is 0.329 e. The van der Waals surface area contributed by atoms with Crippen molar-refractivity contribution in [3.8, 4) is 11.5 Å². The first kappa shape index (κ1) is 24.4. The maximum Gasteiger partial charge on any atom is 0.329 e. The van der Waals surface area contributed by atoms with Crippen LogP contribution in [0, 0.1) is 26.0 Å². The molecule has 0 radical (unpaired) electrons. The molecule has 3 rings (SSSR count). The summed E-state index contributed by atoms with van der Waals surface area (Å²) in [5.41, 5.74) is 1.72. The van der Waals surface area contributed by atoms with Crippen LogP contribution in [0.3, 0.4) is 0 Å². The first-order valence-corrected chi connectivity index (χ1v) is 9.77. The Labute approximate surface area is 196 Å². The van der Waals surface area contributed by atoms with Gasteiger partial charge in [0, 0.05) is 6.07 Å². The van der Waals surface area contributed by atoms with E-state index in [1.807, 2.05) is 0 Å². The molecule has 0 unspecified atom stereocenters. The first-order chi connectivity index (χ1) is 16.7. The number of nitro benzene ring substituents is 2. The normalized spacial score (nSPS) is 10.9. The van der Waals surface area contributed by atoms with E-state index < -0.39 is 38.9 Å². The van der Waals surface area contributed by atoms with Gasteiger partial charge in [0.15, 0.2) is 0 Å². The zero-order chi connectivity index (χ0) is 25.5. The van der Waals surface area contributed by atoms with Crippen LogP contribution in [-0.4, -0.2) is 27.4 Å². The van der Waals surface area contributed by atoms with Gasteiger partial charge in [0.25, 0.3) is 5.69 Å². The quantitative estimate of drug-likeness (QED) is 0.223. The Kier molecular flexibility index (Phi) is 7.41. The Morgan fingerprint density at radius 1 is 0.943 bits per heavy atom. The van der Waals surface area contributed by atoms with E-state index in [4.69, 9.17) is 4.74 Å². The number of carbonyl (C=O) groups excluding carboxylic acids is 2. The minimum atomic E-state index is -1.11. The number of nitrogens with zero attached hydrogens (tertiary/aromatic N) is 3. The van der Waals surface area contributed by atoms with E-state index in [2.05, 4.69) is 15.8 Å². The van der Waals surface area contributed by atoms with Gasteiger partial charge in [-0.15, -0.1) is 0 Å². The van der Waals surface area contributed by atoms with Crippen LogP contribution in [0.2, 0.25) is 0 Å². The van der Waals surface area contributed by atoms with Gasteiger partial charge in [-0.1, -0.05) is 12.1 Å². The van der Waals surface area contributed by atoms with Crippen LogP contribution < -0.4 is 15.5 Å². The Morgan fingerprint density at radius 3 is 2.26 bits per heavy atom. The molecule has 2 amide bonds. The number of hydrazone groups is 1. The molecule has 3 aromatic carbocycles.